The maximum atomic E-state index is 12.7. The molecule has 1 aliphatic heterocycles. The summed E-state index contributed by atoms with van der Waals surface area (Å²) in [5, 5.41) is 2.73. The molecule has 0 radical (unpaired) electrons. The molecule has 1 aromatic heterocycles. The number of hydrogen-bond acceptors (Lipinski definition) is 5. The Balaban J connectivity index is 1.47. The van der Waals surface area contributed by atoms with E-state index in [2.05, 4.69) is 10.3 Å². The Morgan fingerprint density at radius 2 is 1.74 bits per heavy atom. The molecule has 0 saturated heterocycles. The summed E-state index contributed by atoms with van der Waals surface area (Å²) in [4.78, 5) is 43.3. The zero-order chi connectivity index (χ0) is 21.8. The van der Waals surface area contributed by atoms with Crippen LogP contribution in [0.5, 0.6) is 0 Å². The Morgan fingerprint density at radius 3 is 2.45 bits per heavy atom. The minimum Gasteiger partial charge on any atom is -0.385 e. The van der Waals surface area contributed by atoms with E-state index < -0.39 is 11.8 Å². The fraction of sp³-hybridized carbons (Fsp3) is 0.167. The summed E-state index contributed by atoms with van der Waals surface area (Å²) in [6.45, 7) is 0.733. The molecule has 3 aromatic rings. The molecule has 0 saturated carbocycles. The molecule has 1 aliphatic rings. The van der Waals surface area contributed by atoms with Crippen molar-refractivity contribution in [3.8, 4) is 11.1 Å². The van der Waals surface area contributed by atoms with Crippen LogP contribution < -0.4 is 5.32 Å². The molecule has 1 N–H and O–H groups in total. The smallest absolute Gasteiger partial charge is 0.261 e. The second-order valence-electron chi connectivity index (χ2n) is 7.12. The molecule has 0 aliphatic carbocycles. The summed E-state index contributed by atoms with van der Waals surface area (Å²) in [5.41, 5.74) is 2.80. The SMILES string of the molecule is COCCCN1C(=O)c2ccc(C(=O)Nc3ccc(-c4ccccc4)cn3)cc2C1=O. The van der Waals surface area contributed by atoms with E-state index in [1.54, 1.807) is 19.4 Å². The number of carbonyl (C=O) groups is 3. The van der Waals surface area contributed by atoms with E-state index >= 15 is 0 Å². The summed E-state index contributed by atoms with van der Waals surface area (Å²) in [6.07, 6.45) is 2.24. The average Bonchev–Trinajstić information content (AvgIpc) is 3.04. The van der Waals surface area contributed by atoms with Gasteiger partial charge < -0.3 is 10.1 Å². The van der Waals surface area contributed by atoms with E-state index in [4.69, 9.17) is 4.74 Å². The third-order valence-corrected chi connectivity index (χ3v) is 5.08. The van der Waals surface area contributed by atoms with Gasteiger partial charge in [-0.3, -0.25) is 19.3 Å². The molecule has 2 aromatic carbocycles. The van der Waals surface area contributed by atoms with Crippen molar-refractivity contribution in [3.63, 3.8) is 0 Å². The summed E-state index contributed by atoms with van der Waals surface area (Å²) >= 11 is 0. The number of ether oxygens (including phenoxy) is 1. The largest absolute Gasteiger partial charge is 0.385 e. The Hall–Kier alpha value is -3.84. The molecule has 0 spiro atoms. The van der Waals surface area contributed by atoms with Gasteiger partial charge in [-0.1, -0.05) is 30.3 Å². The number of hydrogen-bond donors (Lipinski definition) is 1. The number of fused-ring (bicyclic) bond motifs is 1. The van der Waals surface area contributed by atoms with E-state index in [0.717, 1.165) is 11.1 Å². The number of carbonyl (C=O) groups excluding carboxylic acids is 3. The highest BCUT2D eigenvalue weighted by Gasteiger charge is 2.35. The van der Waals surface area contributed by atoms with Crippen molar-refractivity contribution in [1.82, 2.24) is 9.88 Å². The molecule has 2 heterocycles. The highest BCUT2D eigenvalue weighted by molar-refractivity contribution is 6.22. The Labute approximate surface area is 179 Å². The maximum Gasteiger partial charge on any atom is 0.261 e. The molecule has 0 fully saturated rings. The van der Waals surface area contributed by atoms with Crippen LogP contribution in [0.2, 0.25) is 0 Å². The molecule has 0 atom stereocenters. The van der Waals surface area contributed by atoms with Crippen LogP contribution in [0.15, 0.2) is 66.9 Å². The third kappa shape index (κ3) is 4.22. The van der Waals surface area contributed by atoms with Crippen molar-refractivity contribution in [2.45, 2.75) is 6.42 Å². The van der Waals surface area contributed by atoms with Crippen molar-refractivity contribution < 1.29 is 19.1 Å². The number of aromatic nitrogens is 1. The van der Waals surface area contributed by atoms with Gasteiger partial charge in [0.1, 0.15) is 5.82 Å². The van der Waals surface area contributed by atoms with Crippen LogP contribution >= 0.6 is 0 Å². The minimum atomic E-state index is -0.402. The zero-order valence-corrected chi connectivity index (χ0v) is 17.0. The van der Waals surface area contributed by atoms with Gasteiger partial charge in [-0.05, 0) is 42.3 Å². The van der Waals surface area contributed by atoms with Gasteiger partial charge >= 0.3 is 0 Å². The first-order chi connectivity index (χ1) is 15.1. The molecular weight excluding hydrogens is 394 g/mol. The molecule has 4 rings (SSSR count). The van der Waals surface area contributed by atoms with Gasteiger partial charge in [0.15, 0.2) is 0 Å². The van der Waals surface area contributed by atoms with Gasteiger partial charge in [0.2, 0.25) is 0 Å². The number of amides is 3. The standard InChI is InChI=1S/C24H21N3O4/c1-31-13-5-12-27-23(29)19-10-8-17(14-20(19)24(27)30)22(28)26-21-11-9-18(15-25-21)16-6-3-2-4-7-16/h2-4,6-11,14-15H,5,12-13H2,1H3,(H,25,26,28). The van der Waals surface area contributed by atoms with E-state index in [-0.39, 0.29) is 23.6 Å². The van der Waals surface area contributed by atoms with Crippen molar-refractivity contribution in [1.29, 1.82) is 0 Å². The highest BCUT2D eigenvalue weighted by Crippen LogP contribution is 2.25. The first-order valence-corrected chi connectivity index (χ1v) is 9.90. The summed E-state index contributed by atoms with van der Waals surface area (Å²) in [7, 11) is 1.57. The van der Waals surface area contributed by atoms with Crippen LogP contribution in [0.4, 0.5) is 5.82 Å². The van der Waals surface area contributed by atoms with E-state index in [0.29, 0.717) is 24.4 Å². The van der Waals surface area contributed by atoms with Crippen LogP contribution in [0.3, 0.4) is 0 Å². The van der Waals surface area contributed by atoms with Gasteiger partial charge in [0.05, 0.1) is 11.1 Å². The highest BCUT2D eigenvalue weighted by atomic mass is 16.5. The van der Waals surface area contributed by atoms with Crippen LogP contribution in [-0.4, -0.2) is 47.9 Å². The second kappa shape index (κ2) is 8.89. The Kier molecular flexibility index (Phi) is 5.86. The van der Waals surface area contributed by atoms with Gasteiger partial charge in [0.25, 0.3) is 17.7 Å². The molecular formula is C24H21N3O4. The Morgan fingerprint density at radius 1 is 0.968 bits per heavy atom. The number of nitrogens with zero attached hydrogens (tertiary/aromatic N) is 2. The fourth-order valence-corrected chi connectivity index (χ4v) is 3.46. The van der Waals surface area contributed by atoms with E-state index in [1.807, 2.05) is 36.4 Å². The topological polar surface area (TPSA) is 88.6 Å². The van der Waals surface area contributed by atoms with Crippen molar-refractivity contribution in [2.24, 2.45) is 0 Å². The normalized spacial score (nSPS) is 12.7. The second-order valence-corrected chi connectivity index (χ2v) is 7.12. The molecule has 0 bridgehead atoms. The van der Waals surface area contributed by atoms with Crippen LogP contribution in [0, 0.1) is 0 Å². The van der Waals surface area contributed by atoms with Gasteiger partial charge in [-0.15, -0.1) is 0 Å². The van der Waals surface area contributed by atoms with Crippen molar-refractivity contribution >= 4 is 23.5 Å². The fourth-order valence-electron chi connectivity index (χ4n) is 3.46. The molecule has 156 valence electrons. The van der Waals surface area contributed by atoms with Crippen LogP contribution in [-0.2, 0) is 4.74 Å². The summed E-state index contributed by atoms with van der Waals surface area (Å²) in [5.74, 6) is -0.744. The number of anilines is 1. The number of nitrogens with one attached hydrogen (secondary N) is 1. The lowest BCUT2D eigenvalue weighted by Gasteiger charge is -2.12. The van der Waals surface area contributed by atoms with Gasteiger partial charge in [-0.25, -0.2) is 4.98 Å². The quantitative estimate of drug-likeness (QED) is 0.470. The molecule has 7 nitrogen and oxygen atoms in total. The molecule has 0 unspecified atom stereocenters. The van der Waals surface area contributed by atoms with Gasteiger partial charge in [-0.2, -0.15) is 0 Å². The number of methoxy groups -OCH3 is 1. The third-order valence-electron chi connectivity index (χ3n) is 5.08. The average molecular weight is 415 g/mol. The van der Waals surface area contributed by atoms with E-state index in [1.165, 1.54) is 23.1 Å². The number of pyridine rings is 1. The summed E-state index contributed by atoms with van der Waals surface area (Å²) in [6, 6.07) is 17.9. The number of benzene rings is 2. The lowest BCUT2D eigenvalue weighted by molar-refractivity contribution is 0.0638. The monoisotopic (exact) mass is 415 g/mol. The van der Waals surface area contributed by atoms with Crippen LogP contribution in [0.25, 0.3) is 11.1 Å². The van der Waals surface area contributed by atoms with Crippen LogP contribution in [0.1, 0.15) is 37.5 Å². The Bertz CT molecular complexity index is 1130. The lowest BCUT2D eigenvalue weighted by atomic mass is 10.1. The minimum absolute atomic E-state index is 0.238. The maximum absolute atomic E-state index is 12.7. The lowest BCUT2D eigenvalue weighted by Crippen LogP contribution is -2.31. The summed E-state index contributed by atoms with van der Waals surface area (Å²) < 4.78 is 4.98. The number of imide groups is 1. The first-order valence-electron chi connectivity index (χ1n) is 9.90. The molecule has 7 heteroatoms. The van der Waals surface area contributed by atoms with Crippen molar-refractivity contribution in [2.75, 3.05) is 25.6 Å². The first kappa shape index (κ1) is 20.4. The van der Waals surface area contributed by atoms with Gasteiger partial charge in [0, 0.05) is 37.6 Å². The predicted octanol–water partition coefficient (Wildman–Crippen LogP) is 3.63. The molecule has 31 heavy (non-hydrogen) atoms. The van der Waals surface area contributed by atoms with Crippen molar-refractivity contribution in [3.05, 3.63) is 83.6 Å². The zero-order valence-electron chi connectivity index (χ0n) is 17.0. The molecule has 3 amide bonds. The van der Waals surface area contributed by atoms with E-state index in [9.17, 15) is 14.4 Å². The number of rotatable bonds is 7. The predicted molar refractivity (Wildman–Crippen MR) is 116 cm³/mol.